The van der Waals surface area contributed by atoms with Crippen LogP contribution in [0, 0.1) is 35.0 Å². The maximum atomic E-state index is 11.0. The van der Waals surface area contributed by atoms with Gasteiger partial charge in [0, 0.05) is 6.61 Å². The summed E-state index contributed by atoms with van der Waals surface area (Å²) < 4.78 is 5.60. The van der Waals surface area contributed by atoms with Crippen LogP contribution in [-0.4, -0.2) is 23.9 Å². The number of ether oxygens (including phenoxy) is 1. The molecule has 25 heavy (non-hydrogen) atoms. The van der Waals surface area contributed by atoms with Crippen LogP contribution in [0.15, 0.2) is 11.6 Å². The van der Waals surface area contributed by atoms with E-state index < -0.39 is 5.60 Å². The van der Waals surface area contributed by atoms with Crippen molar-refractivity contribution in [3.05, 3.63) is 11.6 Å². The highest BCUT2D eigenvalue weighted by Crippen LogP contribution is 2.64. The van der Waals surface area contributed by atoms with E-state index in [-0.39, 0.29) is 0 Å². The summed E-state index contributed by atoms with van der Waals surface area (Å²) in [4.78, 5) is 0. The van der Waals surface area contributed by atoms with Gasteiger partial charge < -0.3 is 9.84 Å². The standard InChI is InChI=1S/C23H38O2/c1-4-17-7-9-21-20-8-6-16-14-23(24,15-25-5-2)13-11-18(16)19(20)10-12-22(17,21)3/h4,16,18-21,24H,5-15H2,1-3H3/b17-4+/t16-,18+,19-,20-,21+,22-,23-/m1/s1. The highest BCUT2D eigenvalue weighted by molar-refractivity contribution is 5.23. The number of fused-ring (bicyclic) bond motifs is 5. The van der Waals surface area contributed by atoms with Gasteiger partial charge in [-0.25, -0.2) is 0 Å². The summed E-state index contributed by atoms with van der Waals surface area (Å²) >= 11 is 0. The van der Waals surface area contributed by atoms with Crippen LogP contribution in [0.4, 0.5) is 0 Å². The van der Waals surface area contributed by atoms with Gasteiger partial charge in [0.2, 0.25) is 0 Å². The minimum absolute atomic E-state index is 0.507. The van der Waals surface area contributed by atoms with Gasteiger partial charge in [0.15, 0.2) is 0 Å². The topological polar surface area (TPSA) is 29.5 Å². The van der Waals surface area contributed by atoms with Crippen molar-refractivity contribution in [1.82, 2.24) is 0 Å². The van der Waals surface area contributed by atoms with Crippen LogP contribution in [0.1, 0.15) is 78.6 Å². The van der Waals surface area contributed by atoms with Gasteiger partial charge in [-0.1, -0.05) is 18.6 Å². The van der Waals surface area contributed by atoms with Gasteiger partial charge in [-0.05, 0) is 107 Å². The normalized spacial score (nSPS) is 51.0. The number of allylic oxidation sites excluding steroid dienone is 2. The van der Waals surface area contributed by atoms with Gasteiger partial charge in [-0.3, -0.25) is 0 Å². The predicted octanol–water partition coefficient (Wildman–Crippen LogP) is 5.35. The Hall–Kier alpha value is -0.340. The Labute approximate surface area is 154 Å². The Morgan fingerprint density at radius 1 is 1.08 bits per heavy atom. The molecule has 0 amide bonds. The quantitative estimate of drug-likeness (QED) is 0.698. The molecular formula is C23H38O2. The average Bonchev–Trinajstić information content (AvgIpc) is 2.96. The summed E-state index contributed by atoms with van der Waals surface area (Å²) in [5.74, 6) is 4.44. The van der Waals surface area contributed by atoms with Crippen molar-refractivity contribution in [2.45, 2.75) is 84.2 Å². The van der Waals surface area contributed by atoms with Gasteiger partial charge in [0.25, 0.3) is 0 Å². The van der Waals surface area contributed by atoms with Crippen molar-refractivity contribution in [3.8, 4) is 0 Å². The third-order valence-corrected chi connectivity index (χ3v) is 8.88. The van der Waals surface area contributed by atoms with E-state index in [9.17, 15) is 5.11 Å². The summed E-state index contributed by atoms with van der Waals surface area (Å²) in [5, 5.41) is 11.0. The molecule has 2 nitrogen and oxygen atoms in total. The molecule has 0 heterocycles. The van der Waals surface area contributed by atoms with Crippen LogP contribution < -0.4 is 0 Å². The summed E-state index contributed by atoms with van der Waals surface area (Å²) in [6.45, 7) is 8.12. The van der Waals surface area contributed by atoms with Gasteiger partial charge in [0.1, 0.15) is 0 Å². The summed E-state index contributed by atoms with van der Waals surface area (Å²) in [6.07, 6.45) is 14.0. The fourth-order valence-corrected chi connectivity index (χ4v) is 7.71. The Bertz CT molecular complexity index is 526. The lowest BCUT2D eigenvalue weighted by atomic mass is 9.49. The first-order valence-corrected chi connectivity index (χ1v) is 11.0. The molecule has 4 aliphatic carbocycles. The molecule has 4 rings (SSSR count). The molecule has 7 atom stereocenters. The molecule has 142 valence electrons. The molecule has 0 unspecified atom stereocenters. The lowest BCUT2D eigenvalue weighted by Gasteiger charge is -2.56. The Morgan fingerprint density at radius 2 is 1.88 bits per heavy atom. The minimum atomic E-state index is -0.543. The van der Waals surface area contributed by atoms with E-state index in [2.05, 4.69) is 19.9 Å². The van der Waals surface area contributed by atoms with E-state index in [4.69, 9.17) is 4.74 Å². The zero-order chi connectivity index (χ0) is 17.7. The highest BCUT2D eigenvalue weighted by Gasteiger charge is 2.56. The zero-order valence-electron chi connectivity index (χ0n) is 16.6. The minimum Gasteiger partial charge on any atom is -0.387 e. The molecule has 0 aromatic rings. The average molecular weight is 347 g/mol. The van der Waals surface area contributed by atoms with E-state index in [1.807, 2.05) is 6.92 Å². The second kappa shape index (κ2) is 6.68. The number of hydrogen-bond acceptors (Lipinski definition) is 2. The molecular weight excluding hydrogens is 308 g/mol. The van der Waals surface area contributed by atoms with Crippen molar-refractivity contribution in [2.75, 3.05) is 13.2 Å². The van der Waals surface area contributed by atoms with Crippen LogP contribution in [-0.2, 0) is 4.74 Å². The second-order valence-corrected chi connectivity index (χ2v) is 9.85. The first-order chi connectivity index (χ1) is 12.0. The van der Waals surface area contributed by atoms with Gasteiger partial charge in [-0.2, -0.15) is 0 Å². The second-order valence-electron chi connectivity index (χ2n) is 9.85. The lowest BCUT2D eigenvalue weighted by Crippen LogP contribution is -2.51. The number of rotatable bonds is 3. The largest absolute Gasteiger partial charge is 0.387 e. The molecule has 0 aromatic heterocycles. The molecule has 0 aromatic carbocycles. The van der Waals surface area contributed by atoms with E-state index in [0.717, 1.165) is 42.4 Å². The third kappa shape index (κ3) is 2.92. The molecule has 4 fully saturated rings. The molecule has 0 radical (unpaired) electrons. The Morgan fingerprint density at radius 3 is 2.64 bits per heavy atom. The first-order valence-electron chi connectivity index (χ1n) is 11.0. The SMILES string of the molecule is C/C=C1\CC[C@H]2[C@@H]3CC[C@@H]4C[C@@](O)(COCC)CC[C@@H]4[C@H]3CC[C@]12C. The van der Waals surface area contributed by atoms with E-state index in [1.165, 1.54) is 44.9 Å². The number of hydrogen-bond donors (Lipinski definition) is 1. The first kappa shape index (κ1) is 18.0. The molecule has 1 N–H and O–H groups in total. The van der Waals surface area contributed by atoms with Gasteiger partial charge in [0.05, 0.1) is 12.2 Å². The molecule has 0 saturated heterocycles. The van der Waals surface area contributed by atoms with Crippen molar-refractivity contribution in [2.24, 2.45) is 35.0 Å². The lowest BCUT2D eigenvalue weighted by molar-refractivity contribution is -0.123. The fraction of sp³-hybridized carbons (Fsp3) is 0.913. The summed E-state index contributed by atoms with van der Waals surface area (Å²) in [7, 11) is 0. The van der Waals surface area contributed by atoms with Crippen molar-refractivity contribution in [1.29, 1.82) is 0 Å². The summed E-state index contributed by atoms with van der Waals surface area (Å²) in [6, 6.07) is 0. The predicted molar refractivity (Wildman–Crippen MR) is 102 cm³/mol. The molecule has 4 aliphatic rings. The summed E-state index contributed by atoms with van der Waals surface area (Å²) in [5.41, 5.74) is 1.72. The highest BCUT2D eigenvalue weighted by atomic mass is 16.5. The van der Waals surface area contributed by atoms with Crippen molar-refractivity contribution in [3.63, 3.8) is 0 Å². The third-order valence-electron chi connectivity index (χ3n) is 8.88. The van der Waals surface area contributed by atoms with E-state index in [1.54, 1.807) is 5.57 Å². The number of aliphatic hydroxyl groups is 1. The van der Waals surface area contributed by atoms with Gasteiger partial charge in [-0.15, -0.1) is 0 Å². The van der Waals surface area contributed by atoms with Crippen molar-refractivity contribution >= 4 is 0 Å². The van der Waals surface area contributed by atoms with E-state index >= 15 is 0 Å². The van der Waals surface area contributed by atoms with Crippen molar-refractivity contribution < 1.29 is 9.84 Å². The van der Waals surface area contributed by atoms with E-state index in [0.29, 0.717) is 18.6 Å². The van der Waals surface area contributed by atoms with Crippen LogP contribution in [0.5, 0.6) is 0 Å². The molecule has 2 heteroatoms. The molecule has 0 spiro atoms. The van der Waals surface area contributed by atoms with Crippen LogP contribution in [0.3, 0.4) is 0 Å². The molecule has 4 saturated carbocycles. The molecule has 0 bridgehead atoms. The monoisotopic (exact) mass is 346 g/mol. The zero-order valence-corrected chi connectivity index (χ0v) is 16.6. The smallest absolute Gasteiger partial charge is 0.0883 e. The maximum Gasteiger partial charge on any atom is 0.0883 e. The Kier molecular flexibility index (Phi) is 4.82. The fourth-order valence-electron chi connectivity index (χ4n) is 7.71. The maximum absolute atomic E-state index is 11.0. The van der Waals surface area contributed by atoms with Crippen LogP contribution in [0.25, 0.3) is 0 Å². The van der Waals surface area contributed by atoms with Crippen LogP contribution >= 0.6 is 0 Å². The van der Waals surface area contributed by atoms with Gasteiger partial charge >= 0.3 is 0 Å². The Balaban J connectivity index is 1.48. The van der Waals surface area contributed by atoms with Crippen LogP contribution in [0.2, 0.25) is 0 Å². The molecule has 0 aliphatic heterocycles.